The van der Waals surface area contributed by atoms with E-state index >= 15 is 0 Å². The second-order valence-corrected chi connectivity index (χ2v) is 22.1. The molecule has 0 unspecified atom stereocenters. The Morgan fingerprint density at radius 1 is 0.375 bits per heavy atom. The maximum Gasteiger partial charge on any atom is 0.00239 e. The molecule has 48 heavy (non-hydrogen) atoms. The number of hydrogen-bond donors (Lipinski definition) is 1. The molecule has 0 atom stereocenters. The Morgan fingerprint density at radius 2 is 0.688 bits per heavy atom. The number of hydrogen-bond acceptors (Lipinski definition) is 4. The van der Waals surface area contributed by atoms with E-state index in [4.69, 9.17) is 5.73 Å². The summed E-state index contributed by atoms with van der Waals surface area (Å²) in [5, 5.41) is 0. The van der Waals surface area contributed by atoms with Crippen molar-refractivity contribution in [1.29, 1.82) is 0 Å². The Bertz CT molecular complexity index is 622. The van der Waals surface area contributed by atoms with E-state index in [0.717, 1.165) is 19.5 Å². The van der Waals surface area contributed by atoms with Gasteiger partial charge in [-0.15, -0.1) is 0 Å². The van der Waals surface area contributed by atoms with E-state index in [1.807, 2.05) is 0 Å². The van der Waals surface area contributed by atoms with Gasteiger partial charge in [0.1, 0.15) is 0 Å². The summed E-state index contributed by atoms with van der Waals surface area (Å²) in [5.74, 6) is 0. The lowest BCUT2D eigenvalue weighted by Gasteiger charge is -2.22. The van der Waals surface area contributed by atoms with Gasteiger partial charge in [0.2, 0.25) is 0 Å². The van der Waals surface area contributed by atoms with Gasteiger partial charge in [-0.3, -0.25) is 0 Å². The minimum Gasteiger partial charge on any atom is -0.330 e. The van der Waals surface area contributed by atoms with E-state index in [2.05, 4.69) is 195 Å². The quantitative estimate of drug-likeness (QED) is 0.261. The summed E-state index contributed by atoms with van der Waals surface area (Å²) in [5.41, 5.74) is 8.28. The molecule has 0 radical (unpaired) electrons. The molecule has 0 amide bonds. The highest BCUT2D eigenvalue weighted by Gasteiger charge is 2.11. The van der Waals surface area contributed by atoms with Crippen LogP contribution in [-0.4, -0.2) is 83.2 Å². The fraction of sp³-hybridized carbons (Fsp3) is 1.00. The molecule has 0 saturated heterocycles. The van der Waals surface area contributed by atoms with Crippen molar-refractivity contribution in [3.05, 3.63) is 0 Å². The van der Waals surface area contributed by atoms with E-state index in [0.29, 0.717) is 32.5 Å². The third-order valence-electron chi connectivity index (χ3n) is 6.87. The third-order valence-corrected chi connectivity index (χ3v) is 6.87. The molecule has 0 fully saturated rings. The molecule has 0 heterocycles. The first kappa shape index (κ1) is 60.0. The topological polar surface area (TPSA) is 35.7 Å². The summed E-state index contributed by atoms with van der Waals surface area (Å²) in [7, 11) is 12.7. The second kappa shape index (κ2) is 30.5. The van der Waals surface area contributed by atoms with Crippen LogP contribution in [0.4, 0.5) is 0 Å². The third kappa shape index (κ3) is 104. The Kier molecular flexibility index (Phi) is 38.1. The molecule has 0 aromatic heterocycles. The molecule has 4 heteroatoms. The minimum atomic E-state index is 0.425. The monoisotopic (exact) mass is 689 g/mol. The van der Waals surface area contributed by atoms with Crippen LogP contribution in [0.25, 0.3) is 0 Å². The van der Waals surface area contributed by atoms with Crippen molar-refractivity contribution < 1.29 is 0 Å². The molecular weight excluding hydrogens is 585 g/mol. The zero-order valence-electron chi connectivity index (χ0n) is 39.4. The standard InChI is InChI=1S/C9H21N.C8H19N.C8H18.C7H17N.C6H15N.C6H14/c1-9(2,3)7-6-8-10(4)5;1-8(2,3)6-7-9(4)5;1-5-6-7-8(2,3)4;1-7(2,3)6-8(4)5;1-6(2,3)4-5-7;1-5-6(2,3)4/h6-8H2,1-5H3;6-7H2,1-5H3;5-7H2,1-4H3;6H2,1-5H3;4-5,7H2,1-3H3;5H2,1-4H3. The van der Waals surface area contributed by atoms with Crippen LogP contribution in [0.15, 0.2) is 0 Å². The zero-order chi connectivity index (χ0) is 40.2. The molecule has 0 saturated carbocycles. The van der Waals surface area contributed by atoms with Crippen LogP contribution >= 0.6 is 0 Å². The molecule has 0 aliphatic rings. The molecule has 0 bridgehead atoms. The molecule has 4 nitrogen and oxygen atoms in total. The highest BCUT2D eigenvalue weighted by molar-refractivity contribution is 4.64. The van der Waals surface area contributed by atoms with Crippen molar-refractivity contribution in [2.75, 3.05) is 68.5 Å². The van der Waals surface area contributed by atoms with Gasteiger partial charge in [0, 0.05) is 6.54 Å². The molecular formula is C44H104N4. The summed E-state index contributed by atoms with van der Waals surface area (Å²) in [6.07, 6.45) is 10.4. The average molecular weight is 689 g/mol. The summed E-state index contributed by atoms with van der Waals surface area (Å²) in [6, 6.07) is 0. The van der Waals surface area contributed by atoms with E-state index in [1.54, 1.807) is 0 Å². The average Bonchev–Trinajstić information content (AvgIpc) is 2.79. The molecule has 0 spiro atoms. The molecule has 0 aliphatic heterocycles. The number of rotatable bonds is 9. The van der Waals surface area contributed by atoms with Crippen LogP contribution in [0, 0.1) is 32.5 Å². The predicted molar refractivity (Wildman–Crippen MR) is 230 cm³/mol. The summed E-state index contributed by atoms with van der Waals surface area (Å²) < 4.78 is 0. The number of nitrogens with two attached hydrogens (primary N) is 1. The van der Waals surface area contributed by atoms with Crippen LogP contribution in [0.5, 0.6) is 0 Å². The first-order valence-electron chi connectivity index (χ1n) is 19.6. The van der Waals surface area contributed by atoms with E-state index in [1.165, 1.54) is 58.0 Å². The molecule has 0 aromatic carbocycles. The van der Waals surface area contributed by atoms with E-state index in [-0.39, 0.29) is 0 Å². The lowest BCUT2D eigenvalue weighted by molar-refractivity contribution is 0.263. The zero-order valence-corrected chi connectivity index (χ0v) is 39.4. The minimum absolute atomic E-state index is 0.425. The van der Waals surface area contributed by atoms with E-state index < -0.39 is 0 Å². The van der Waals surface area contributed by atoms with Gasteiger partial charge in [0.25, 0.3) is 0 Å². The maximum absolute atomic E-state index is 5.31. The molecule has 0 rings (SSSR count). The Balaban J connectivity index is -0.000000111. The Labute approximate surface area is 310 Å². The largest absolute Gasteiger partial charge is 0.330 e. The lowest BCUT2D eigenvalue weighted by atomic mass is 9.90. The lowest BCUT2D eigenvalue weighted by Crippen LogP contribution is -2.25. The van der Waals surface area contributed by atoms with Gasteiger partial charge in [-0.2, -0.15) is 0 Å². The molecule has 0 aliphatic carbocycles. The summed E-state index contributed by atoms with van der Waals surface area (Å²) in [6.45, 7) is 49.5. The smallest absolute Gasteiger partial charge is 0.00239 e. The summed E-state index contributed by atoms with van der Waals surface area (Å²) >= 11 is 0. The predicted octanol–water partition coefficient (Wildman–Crippen LogP) is 13.0. The van der Waals surface area contributed by atoms with Gasteiger partial charge in [-0.1, -0.05) is 158 Å². The van der Waals surface area contributed by atoms with Gasteiger partial charge in [0.05, 0.1) is 0 Å². The highest BCUT2D eigenvalue weighted by atomic mass is 15.1. The van der Waals surface area contributed by atoms with Crippen molar-refractivity contribution in [2.24, 2.45) is 38.2 Å². The summed E-state index contributed by atoms with van der Waals surface area (Å²) in [4.78, 5) is 6.68. The Morgan fingerprint density at radius 3 is 0.792 bits per heavy atom. The van der Waals surface area contributed by atoms with Crippen LogP contribution in [0.3, 0.4) is 0 Å². The van der Waals surface area contributed by atoms with Crippen LogP contribution in [0.2, 0.25) is 0 Å². The van der Waals surface area contributed by atoms with Crippen LogP contribution < -0.4 is 5.73 Å². The van der Waals surface area contributed by atoms with Crippen molar-refractivity contribution in [2.45, 2.75) is 190 Å². The van der Waals surface area contributed by atoms with Crippen molar-refractivity contribution in [1.82, 2.24) is 14.7 Å². The van der Waals surface area contributed by atoms with Gasteiger partial charge in [-0.05, 0) is 127 Å². The highest BCUT2D eigenvalue weighted by Crippen LogP contribution is 2.21. The number of nitrogens with zero attached hydrogens (tertiary/aromatic N) is 3. The maximum atomic E-state index is 5.31. The number of unbranched alkanes of at least 4 members (excludes halogenated alkanes) is 1. The van der Waals surface area contributed by atoms with Crippen molar-refractivity contribution in [3.63, 3.8) is 0 Å². The fourth-order valence-corrected chi connectivity index (χ4v) is 3.57. The van der Waals surface area contributed by atoms with Crippen LogP contribution in [-0.2, 0) is 0 Å². The van der Waals surface area contributed by atoms with Gasteiger partial charge in [-0.25, -0.2) is 0 Å². The van der Waals surface area contributed by atoms with Crippen molar-refractivity contribution >= 4 is 0 Å². The van der Waals surface area contributed by atoms with Crippen molar-refractivity contribution in [3.8, 4) is 0 Å². The second-order valence-electron chi connectivity index (χ2n) is 22.1. The van der Waals surface area contributed by atoms with Gasteiger partial charge >= 0.3 is 0 Å². The first-order chi connectivity index (χ1) is 20.9. The molecule has 0 aromatic rings. The molecule has 300 valence electrons. The van der Waals surface area contributed by atoms with Gasteiger partial charge < -0.3 is 20.4 Å². The van der Waals surface area contributed by atoms with E-state index in [9.17, 15) is 0 Å². The first-order valence-corrected chi connectivity index (χ1v) is 19.6. The van der Waals surface area contributed by atoms with Crippen LogP contribution in [0.1, 0.15) is 190 Å². The fourth-order valence-electron chi connectivity index (χ4n) is 3.57. The Hall–Kier alpha value is -0.160. The normalized spacial score (nSPS) is 12.4. The molecule has 2 N–H and O–H groups in total. The van der Waals surface area contributed by atoms with Gasteiger partial charge in [0.15, 0.2) is 0 Å². The SMILES string of the molecule is CC(C)(C)CCN.CCC(C)(C)C.CCCCC(C)(C)C.CN(C)CC(C)(C)C.CN(C)CCC(C)(C)C.CN(C)CCCC(C)(C)C.